The molecular formula is C23H23N3O4. The zero-order chi connectivity index (χ0) is 20.5. The van der Waals surface area contributed by atoms with Crippen LogP contribution in [0.2, 0.25) is 0 Å². The van der Waals surface area contributed by atoms with Crippen LogP contribution in [0, 0.1) is 12.8 Å². The molecule has 2 atom stereocenters. The minimum absolute atomic E-state index is 0.0630. The molecule has 1 aromatic heterocycles. The van der Waals surface area contributed by atoms with Crippen molar-refractivity contribution in [2.24, 2.45) is 5.92 Å². The van der Waals surface area contributed by atoms with Crippen molar-refractivity contribution in [3.8, 4) is 11.5 Å². The maximum Gasteiger partial charge on any atom is 0.231 e. The van der Waals surface area contributed by atoms with Crippen molar-refractivity contribution in [2.45, 2.75) is 26.0 Å². The van der Waals surface area contributed by atoms with Gasteiger partial charge in [-0.25, -0.2) is 0 Å². The smallest absolute Gasteiger partial charge is 0.231 e. The number of rotatable bonds is 5. The van der Waals surface area contributed by atoms with Crippen molar-refractivity contribution < 1.29 is 19.0 Å². The molecule has 5 rings (SSSR count). The molecule has 1 saturated heterocycles. The Balaban J connectivity index is 1.35. The van der Waals surface area contributed by atoms with Crippen molar-refractivity contribution in [2.75, 3.05) is 18.7 Å². The van der Waals surface area contributed by atoms with E-state index in [-0.39, 0.29) is 24.7 Å². The molecule has 1 N–H and O–H groups in total. The molecular weight excluding hydrogens is 382 g/mol. The third kappa shape index (κ3) is 3.52. The molecule has 1 amide bonds. The fourth-order valence-corrected chi connectivity index (χ4v) is 4.03. The number of aromatic nitrogens is 2. The molecule has 3 heterocycles. The number of aryl methyl sites for hydroxylation is 1. The SMILES string of the molecule is Cc1cc2c(cc1NC(=O)[C@H]1CCO[C@@H]1c1ccnn1Cc1ccccc1)OCO2. The third-order valence-corrected chi connectivity index (χ3v) is 5.62. The number of amides is 1. The second-order valence-corrected chi connectivity index (χ2v) is 7.60. The molecule has 0 unspecified atom stereocenters. The van der Waals surface area contributed by atoms with Gasteiger partial charge in [0.1, 0.15) is 6.10 Å². The number of fused-ring (bicyclic) bond motifs is 1. The summed E-state index contributed by atoms with van der Waals surface area (Å²) in [7, 11) is 0. The lowest BCUT2D eigenvalue weighted by molar-refractivity contribution is -0.121. The monoisotopic (exact) mass is 405 g/mol. The maximum atomic E-state index is 13.1. The number of hydrogen-bond acceptors (Lipinski definition) is 5. The van der Waals surface area contributed by atoms with Gasteiger partial charge in [-0.1, -0.05) is 30.3 Å². The Morgan fingerprint density at radius 3 is 2.80 bits per heavy atom. The van der Waals surface area contributed by atoms with Gasteiger partial charge in [0.25, 0.3) is 0 Å². The first-order valence-electron chi connectivity index (χ1n) is 10.1. The number of hydrogen-bond donors (Lipinski definition) is 1. The van der Waals surface area contributed by atoms with E-state index in [2.05, 4.69) is 22.5 Å². The second kappa shape index (κ2) is 7.84. The van der Waals surface area contributed by atoms with Gasteiger partial charge in [0.2, 0.25) is 12.7 Å². The summed E-state index contributed by atoms with van der Waals surface area (Å²) in [5.74, 6) is 1.00. The molecule has 0 bridgehead atoms. The zero-order valence-corrected chi connectivity index (χ0v) is 16.7. The van der Waals surface area contributed by atoms with Crippen LogP contribution in [0.25, 0.3) is 0 Å². The van der Waals surface area contributed by atoms with Crippen molar-refractivity contribution in [1.82, 2.24) is 9.78 Å². The van der Waals surface area contributed by atoms with Crippen molar-refractivity contribution in [1.29, 1.82) is 0 Å². The predicted octanol–water partition coefficient (Wildman–Crippen LogP) is 3.68. The summed E-state index contributed by atoms with van der Waals surface area (Å²) in [6.45, 7) is 3.32. The van der Waals surface area contributed by atoms with Crippen LogP contribution in [0.1, 0.15) is 29.3 Å². The van der Waals surface area contributed by atoms with E-state index in [0.29, 0.717) is 31.1 Å². The molecule has 154 valence electrons. The van der Waals surface area contributed by atoms with Crippen molar-refractivity contribution in [3.63, 3.8) is 0 Å². The van der Waals surface area contributed by atoms with Crippen LogP contribution in [0.15, 0.2) is 54.7 Å². The largest absolute Gasteiger partial charge is 0.454 e. The standard InChI is InChI=1S/C23H23N3O4/c1-15-11-20-21(30-14-29-20)12-18(15)25-23(27)17-8-10-28-22(17)19-7-9-24-26(19)13-16-5-3-2-4-6-16/h2-7,9,11-12,17,22H,8,10,13-14H2,1H3,(H,25,27)/t17-,22-/m0/s1. The van der Waals surface area contributed by atoms with Gasteiger partial charge in [0.05, 0.1) is 18.2 Å². The zero-order valence-electron chi connectivity index (χ0n) is 16.7. The van der Waals surface area contributed by atoms with E-state index in [1.807, 2.05) is 48.0 Å². The van der Waals surface area contributed by atoms with Crippen LogP contribution in [-0.2, 0) is 16.1 Å². The first-order valence-corrected chi connectivity index (χ1v) is 10.1. The molecule has 0 aliphatic carbocycles. The summed E-state index contributed by atoms with van der Waals surface area (Å²) < 4.78 is 18.7. The first kappa shape index (κ1) is 18.7. The Kier molecular flexibility index (Phi) is 4.88. The summed E-state index contributed by atoms with van der Waals surface area (Å²) in [5, 5.41) is 7.52. The number of ether oxygens (including phenoxy) is 3. The average molecular weight is 405 g/mol. The number of nitrogens with zero attached hydrogens (tertiary/aromatic N) is 2. The molecule has 2 aliphatic rings. The van der Waals surface area contributed by atoms with Gasteiger partial charge in [-0.3, -0.25) is 9.48 Å². The molecule has 7 nitrogen and oxygen atoms in total. The molecule has 2 aliphatic heterocycles. The summed E-state index contributed by atoms with van der Waals surface area (Å²) in [6, 6.07) is 15.8. The van der Waals surface area contributed by atoms with Gasteiger partial charge in [-0.2, -0.15) is 5.10 Å². The number of benzene rings is 2. The van der Waals surface area contributed by atoms with Crippen LogP contribution in [0.5, 0.6) is 11.5 Å². The molecule has 0 saturated carbocycles. The highest BCUT2D eigenvalue weighted by Crippen LogP contribution is 2.39. The quantitative estimate of drug-likeness (QED) is 0.701. The van der Waals surface area contributed by atoms with E-state index in [1.54, 1.807) is 6.20 Å². The highest BCUT2D eigenvalue weighted by molar-refractivity contribution is 5.94. The first-order chi connectivity index (χ1) is 14.7. The van der Waals surface area contributed by atoms with Crippen molar-refractivity contribution in [3.05, 3.63) is 71.5 Å². The summed E-state index contributed by atoms with van der Waals surface area (Å²) in [4.78, 5) is 13.1. The van der Waals surface area contributed by atoms with Crippen molar-refractivity contribution >= 4 is 11.6 Å². The Morgan fingerprint density at radius 1 is 1.17 bits per heavy atom. The lowest BCUT2D eigenvalue weighted by Gasteiger charge is -2.20. The summed E-state index contributed by atoms with van der Waals surface area (Å²) in [6.07, 6.45) is 2.10. The molecule has 0 radical (unpaired) electrons. The van der Waals surface area contributed by atoms with E-state index in [9.17, 15) is 4.79 Å². The average Bonchev–Trinajstić information content (AvgIpc) is 3.49. The third-order valence-electron chi connectivity index (χ3n) is 5.62. The molecule has 2 aromatic carbocycles. The molecule has 30 heavy (non-hydrogen) atoms. The van der Waals surface area contributed by atoms with Gasteiger partial charge < -0.3 is 19.5 Å². The van der Waals surface area contributed by atoms with Gasteiger partial charge in [0.15, 0.2) is 11.5 Å². The second-order valence-electron chi connectivity index (χ2n) is 7.60. The Bertz CT molecular complexity index is 1060. The van der Waals surface area contributed by atoms with E-state index < -0.39 is 0 Å². The maximum absolute atomic E-state index is 13.1. The molecule has 3 aromatic rings. The fraction of sp³-hybridized carbons (Fsp3) is 0.304. The summed E-state index contributed by atoms with van der Waals surface area (Å²) in [5.41, 5.74) is 3.72. The lowest BCUT2D eigenvalue weighted by Crippen LogP contribution is -2.27. The van der Waals surface area contributed by atoms with Crippen LogP contribution < -0.4 is 14.8 Å². The van der Waals surface area contributed by atoms with Crippen LogP contribution >= 0.6 is 0 Å². The molecule has 1 fully saturated rings. The van der Waals surface area contributed by atoms with Gasteiger partial charge in [-0.05, 0) is 36.6 Å². The topological polar surface area (TPSA) is 74.6 Å². The van der Waals surface area contributed by atoms with Gasteiger partial charge >= 0.3 is 0 Å². The number of nitrogens with one attached hydrogen (secondary N) is 1. The van der Waals surface area contributed by atoms with E-state index in [0.717, 1.165) is 22.5 Å². The van der Waals surface area contributed by atoms with Crippen LogP contribution in [0.4, 0.5) is 5.69 Å². The number of carbonyl (C=O) groups is 1. The Morgan fingerprint density at radius 2 is 1.97 bits per heavy atom. The normalized spacial score (nSPS) is 19.8. The highest BCUT2D eigenvalue weighted by atomic mass is 16.7. The number of anilines is 1. The number of carbonyl (C=O) groups excluding carboxylic acids is 1. The van der Waals surface area contributed by atoms with Gasteiger partial charge in [-0.15, -0.1) is 0 Å². The van der Waals surface area contributed by atoms with E-state index in [1.165, 1.54) is 0 Å². The van der Waals surface area contributed by atoms with E-state index >= 15 is 0 Å². The van der Waals surface area contributed by atoms with Gasteiger partial charge in [0, 0.05) is 24.6 Å². The Hall–Kier alpha value is -3.32. The molecule has 7 heteroatoms. The Labute approximate surface area is 174 Å². The highest BCUT2D eigenvalue weighted by Gasteiger charge is 2.37. The lowest BCUT2D eigenvalue weighted by atomic mass is 9.97. The predicted molar refractivity (Wildman–Crippen MR) is 111 cm³/mol. The van der Waals surface area contributed by atoms with E-state index in [4.69, 9.17) is 14.2 Å². The summed E-state index contributed by atoms with van der Waals surface area (Å²) >= 11 is 0. The van der Waals surface area contributed by atoms with Crippen LogP contribution in [0.3, 0.4) is 0 Å². The molecule has 0 spiro atoms. The minimum atomic E-state index is -0.328. The van der Waals surface area contributed by atoms with Crippen LogP contribution in [-0.4, -0.2) is 29.1 Å². The fourth-order valence-electron chi connectivity index (χ4n) is 4.03. The minimum Gasteiger partial charge on any atom is -0.454 e.